The fraction of sp³-hybridized carbons (Fsp3) is 0.562. The number of anilines is 1. The van der Waals surface area contributed by atoms with Gasteiger partial charge in [-0.25, -0.2) is 13.2 Å². The van der Waals surface area contributed by atoms with Gasteiger partial charge in [0, 0.05) is 31.2 Å². The molecule has 2 N–H and O–H groups in total. The Morgan fingerprint density at radius 3 is 2.91 bits per heavy atom. The van der Waals surface area contributed by atoms with E-state index in [0.29, 0.717) is 6.54 Å². The molecule has 2 aliphatic rings. The summed E-state index contributed by atoms with van der Waals surface area (Å²) < 4.78 is 39.7. The first-order valence-electron chi connectivity index (χ1n) is 7.85. The van der Waals surface area contributed by atoms with Crippen molar-refractivity contribution in [1.82, 2.24) is 10.6 Å². The van der Waals surface area contributed by atoms with Gasteiger partial charge in [0.2, 0.25) is 5.91 Å². The van der Waals surface area contributed by atoms with Crippen LogP contribution in [0.1, 0.15) is 19.3 Å². The molecule has 2 heterocycles. The number of alkyl halides is 2. The van der Waals surface area contributed by atoms with Gasteiger partial charge in [0.25, 0.3) is 5.92 Å². The molecule has 3 rings (SSSR count). The van der Waals surface area contributed by atoms with Crippen LogP contribution >= 0.6 is 0 Å². The van der Waals surface area contributed by atoms with Gasteiger partial charge in [0.15, 0.2) is 0 Å². The number of carbonyl (C=O) groups is 1. The number of amides is 1. The van der Waals surface area contributed by atoms with Crippen molar-refractivity contribution in [3.8, 4) is 0 Å². The van der Waals surface area contributed by atoms with Crippen molar-refractivity contribution in [3.05, 3.63) is 30.1 Å². The second-order valence-electron chi connectivity index (χ2n) is 6.27. The number of halogens is 3. The van der Waals surface area contributed by atoms with E-state index < -0.39 is 24.9 Å². The van der Waals surface area contributed by atoms with Crippen molar-refractivity contribution < 1.29 is 18.0 Å². The first kappa shape index (κ1) is 16.1. The van der Waals surface area contributed by atoms with E-state index in [2.05, 4.69) is 10.6 Å². The van der Waals surface area contributed by atoms with E-state index in [0.717, 1.165) is 25.1 Å². The lowest BCUT2D eigenvalue weighted by Gasteiger charge is -2.35. The Labute approximate surface area is 133 Å². The largest absolute Gasteiger partial charge is 0.369 e. The van der Waals surface area contributed by atoms with Crippen molar-refractivity contribution in [2.45, 2.75) is 37.3 Å². The Bertz CT molecular complexity index is 581. The summed E-state index contributed by atoms with van der Waals surface area (Å²) in [6.45, 7) is 0.888. The predicted octanol–water partition coefficient (Wildman–Crippen LogP) is 1.91. The summed E-state index contributed by atoms with van der Waals surface area (Å²) in [6, 6.07) is 5.37. The molecule has 2 aliphatic heterocycles. The molecule has 2 fully saturated rings. The van der Waals surface area contributed by atoms with E-state index in [-0.39, 0.29) is 17.8 Å². The number of hydrogen-bond acceptors (Lipinski definition) is 3. The van der Waals surface area contributed by atoms with Crippen LogP contribution in [0.15, 0.2) is 24.3 Å². The molecule has 0 aliphatic carbocycles. The number of rotatable bonds is 3. The molecular formula is C16H20F3N3O. The van der Waals surface area contributed by atoms with E-state index in [1.807, 2.05) is 11.0 Å². The molecule has 2 saturated heterocycles. The Morgan fingerprint density at radius 1 is 1.39 bits per heavy atom. The van der Waals surface area contributed by atoms with E-state index in [9.17, 15) is 18.0 Å². The van der Waals surface area contributed by atoms with Gasteiger partial charge in [-0.3, -0.25) is 10.1 Å². The maximum atomic E-state index is 13.3. The monoisotopic (exact) mass is 327 g/mol. The highest BCUT2D eigenvalue weighted by Crippen LogP contribution is 2.26. The van der Waals surface area contributed by atoms with Crippen molar-refractivity contribution in [2.75, 3.05) is 24.5 Å². The molecule has 1 amide bonds. The van der Waals surface area contributed by atoms with Crippen molar-refractivity contribution in [3.63, 3.8) is 0 Å². The van der Waals surface area contributed by atoms with Crippen LogP contribution in [0.2, 0.25) is 0 Å². The molecule has 1 aromatic carbocycles. The van der Waals surface area contributed by atoms with Gasteiger partial charge in [0.05, 0.1) is 12.6 Å². The number of hydrogen-bond donors (Lipinski definition) is 2. The highest BCUT2D eigenvalue weighted by atomic mass is 19.3. The first-order valence-corrected chi connectivity index (χ1v) is 7.85. The number of carbonyl (C=O) groups excluding carboxylic acids is 1. The van der Waals surface area contributed by atoms with Gasteiger partial charge in [-0.1, -0.05) is 6.07 Å². The zero-order valence-electron chi connectivity index (χ0n) is 12.7. The van der Waals surface area contributed by atoms with Crippen LogP contribution in [0.25, 0.3) is 0 Å². The van der Waals surface area contributed by atoms with Crippen LogP contribution in [-0.4, -0.2) is 43.5 Å². The zero-order chi connectivity index (χ0) is 16.4. The second-order valence-corrected chi connectivity index (χ2v) is 6.27. The summed E-state index contributed by atoms with van der Waals surface area (Å²) in [5.74, 6) is -3.50. The second kappa shape index (κ2) is 6.39. The SMILES string of the molecule is O=C(NC1CCCN(c2cccc(F)c2)C1)C1CC(F)(F)CN1. The van der Waals surface area contributed by atoms with Gasteiger partial charge in [0.1, 0.15) is 5.82 Å². The molecule has 2 unspecified atom stereocenters. The van der Waals surface area contributed by atoms with Gasteiger partial charge >= 0.3 is 0 Å². The van der Waals surface area contributed by atoms with E-state index in [1.54, 1.807) is 6.07 Å². The van der Waals surface area contributed by atoms with Crippen LogP contribution in [0.5, 0.6) is 0 Å². The topological polar surface area (TPSA) is 44.4 Å². The van der Waals surface area contributed by atoms with Crippen molar-refractivity contribution in [1.29, 1.82) is 0 Å². The fourth-order valence-corrected chi connectivity index (χ4v) is 3.20. The number of piperidine rings is 1. The number of nitrogens with one attached hydrogen (secondary N) is 2. The molecule has 2 atom stereocenters. The standard InChI is InChI=1S/C16H20F3N3O/c17-11-3-1-5-13(7-11)22-6-2-4-12(9-22)21-15(23)14-8-16(18,19)10-20-14/h1,3,5,7,12,14,20H,2,4,6,8-10H2,(H,21,23). The highest BCUT2D eigenvalue weighted by molar-refractivity contribution is 5.82. The van der Waals surface area contributed by atoms with Gasteiger partial charge in [-0.05, 0) is 31.0 Å². The molecular weight excluding hydrogens is 307 g/mol. The molecule has 0 aromatic heterocycles. The number of benzene rings is 1. The Balaban J connectivity index is 1.58. The molecule has 23 heavy (non-hydrogen) atoms. The molecule has 7 heteroatoms. The third kappa shape index (κ3) is 3.96. The normalized spacial score (nSPS) is 27.0. The molecule has 0 bridgehead atoms. The lowest BCUT2D eigenvalue weighted by Crippen LogP contribution is -2.51. The molecule has 0 radical (unpaired) electrons. The minimum absolute atomic E-state index is 0.115. The average molecular weight is 327 g/mol. The van der Waals surface area contributed by atoms with E-state index in [4.69, 9.17) is 0 Å². The first-order chi connectivity index (χ1) is 10.9. The maximum absolute atomic E-state index is 13.3. The molecule has 0 spiro atoms. The minimum atomic E-state index is -2.82. The quantitative estimate of drug-likeness (QED) is 0.891. The average Bonchev–Trinajstić information content (AvgIpc) is 2.88. The summed E-state index contributed by atoms with van der Waals surface area (Å²) >= 11 is 0. The Kier molecular flexibility index (Phi) is 4.48. The maximum Gasteiger partial charge on any atom is 0.262 e. The lowest BCUT2D eigenvalue weighted by atomic mass is 10.0. The smallest absolute Gasteiger partial charge is 0.262 e. The van der Waals surface area contributed by atoms with Crippen LogP contribution < -0.4 is 15.5 Å². The summed E-state index contributed by atoms with van der Waals surface area (Å²) in [7, 11) is 0. The third-order valence-corrected chi connectivity index (χ3v) is 4.37. The van der Waals surface area contributed by atoms with Crippen molar-refractivity contribution >= 4 is 11.6 Å². The summed E-state index contributed by atoms with van der Waals surface area (Å²) in [5, 5.41) is 5.40. The van der Waals surface area contributed by atoms with Crippen LogP contribution in [0.4, 0.5) is 18.9 Å². The highest BCUT2D eigenvalue weighted by Gasteiger charge is 2.42. The summed E-state index contributed by atoms with van der Waals surface area (Å²) in [4.78, 5) is 14.1. The predicted molar refractivity (Wildman–Crippen MR) is 81.1 cm³/mol. The van der Waals surface area contributed by atoms with Gasteiger partial charge in [-0.15, -0.1) is 0 Å². The molecule has 0 saturated carbocycles. The van der Waals surface area contributed by atoms with E-state index >= 15 is 0 Å². The van der Waals surface area contributed by atoms with Gasteiger partial charge < -0.3 is 10.2 Å². The van der Waals surface area contributed by atoms with Crippen LogP contribution in [0.3, 0.4) is 0 Å². The van der Waals surface area contributed by atoms with E-state index in [1.165, 1.54) is 12.1 Å². The molecule has 4 nitrogen and oxygen atoms in total. The zero-order valence-corrected chi connectivity index (χ0v) is 12.7. The van der Waals surface area contributed by atoms with Crippen LogP contribution in [0, 0.1) is 5.82 Å². The third-order valence-electron chi connectivity index (χ3n) is 4.37. The minimum Gasteiger partial charge on any atom is -0.369 e. The van der Waals surface area contributed by atoms with Crippen LogP contribution in [-0.2, 0) is 4.79 Å². The fourth-order valence-electron chi connectivity index (χ4n) is 3.20. The van der Waals surface area contributed by atoms with Gasteiger partial charge in [-0.2, -0.15) is 0 Å². The Morgan fingerprint density at radius 2 is 2.22 bits per heavy atom. The molecule has 1 aromatic rings. The lowest BCUT2D eigenvalue weighted by molar-refractivity contribution is -0.124. The summed E-state index contributed by atoms with van der Waals surface area (Å²) in [6.07, 6.45) is 1.19. The number of nitrogens with zero attached hydrogens (tertiary/aromatic N) is 1. The van der Waals surface area contributed by atoms with Crippen molar-refractivity contribution in [2.24, 2.45) is 0 Å². The molecule has 126 valence electrons. The summed E-state index contributed by atoms with van der Waals surface area (Å²) in [5.41, 5.74) is 0.773. The Hall–Kier alpha value is -1.76.